The number of nitrogens with one attached hydrogen (secondary N) is 1. The van der Waals surface area contributed by atoms with Crippen molar-refractivity contribution < 1.29 is 4.74 Å². The minimum atomic E-state index is 0.750. The Morgan fingerprint density at radius 2 is 2.12 bits per heavy atom. The summed E-state index contributed by atoms with van der Waals surface area (Å²) < 4.78 is 5.64. The van der Waals surface area contributed by atoms with Crippen molar-refractivity contribution in [3.05, 3.63) is 30.0 Å². The van der Waals surface area contributed by atoms with Crippen molar-refractivity contribution in [1.29, 1.82) is 0 Å². The van der Waals surface area contributed by atoms with E-state index in [1.54, 1.807) is 0 Å². The number of aryl methyl sites for hydroxylation is 1. The standard InChI is InChI=1S/C14H18N2O/c1-4-7-17-11-5-6-13-12(9-11)14(15-3)8-10(2)16-13/h5-6,8-9H,4,7H2,1-3H3,(H,15,16). The molecule has 2 aromatic rings. The molecule has 0 fully saturated rings. The van der Waals surface area contributed by atoms with Crippen molar-refractivity contribution in [3.8, 4) is 5.75 Å². The van der Waals surface area contributed by atoms with E-state index in [0.717, 1.165) is 41.1 Å². The summed E-state index contributed by atoms with van der Waals surface area (Å²) in [5.41, 5.74) is 3.11. The molecule has 1 heterocycles. The lowest BCUT2D eigenvalue weighted by atomic mass is 10.1. The van der Waals surface area contributed by atoms with Crippen molar-refractivity contribution in [3.63, 3.8) is 0 Å². The van der Waals surface area contributed by atoms with Gasteiger partial charge in [-0.05, 0) is 37.6 Å². The highest BCUT2D eigenvalue weighted by atomic mass is 16.5. The van der Waals surface area contributed by atoms with Crippen LogP contribution in [0.4, 0.5) is 5.69 Å². The van der Waals surface area contributed by atoms with E-state index in [0.29, 0.717) is 0 Å². The number of hydrogen-bond donors (Lipinski definition) is 1. The summed E-state index contributed by atoms with van der Waals surface area (Å²) in [5.74, 6) is 0.904. The van der Waals surface area contributed by atoms with E-state index in [4.69, 9.17) is 4.74 Å². The van der Waals surface area contributed by atoms with Gasteiger partial charge < -0.3 is 10.1 Å². The molecule has 0 aliphatic rings. The van der Waals surface area contributed by atoms with Crippen LogP contribution in [0.25, 0.3) is 10.9 Å². The van der Waals surface area contributed by atoms with Crippen molar-refractivity contribution in [2.24, 2.45) is 0 Å². The van der Waals surface area contributed by atoms with Crippen molar-refractivity contribution in [1.82, 2.24) is 4.98 Å². The van der Waals surface area contributed by atoms with Crippen LogP contribution in [0.2, 0.25) is 0 Å². The Hall–Kier alpha value is -1.77. The van der Waals surface area contributed by atoms with E-state index in [2.05, 4.69) is 17.2 Å². The van der Waals surface area contributed by atoms with E-state index < -0.39 is 0 Å². The molecule has 0 saturated heterocycles. The van der Waals surface area contributed by atoms with Gasteiger partial charge in [0, 0.05) is 23.8 Å². The number of aromatic nitrogens is 1. The monoisotopic (exact) mass is 230 g/mol. The zero-order chi connectivity index (χ0) is 12.3. The molecule has 3 heteroatoms. The number of pyridine rings is 1. The molecule has 0 aliphatic heterocycles. The molecule has 0 radical (unpaired) electrons. The average Bonchev–Trinajstić information content (AvgIpc) is 2.35. The Balaban J connectivity index is 2.47. The minimum absolute atomic E-state index is 0.750. The summed E-state index contributed by atoms with van der Waals surface area (Å²) in [7, 11) is 1.92. The summed E-state index contributed by atoms with van der Waals surface area (Å²) >= 11 is 0. The van der Waals surface area contributed by atoms with Gasteiger partial charge >= 0.3 is 0 Å². The molecule has 17 heavy (non-hydrogen) atoms. The number of rotatable bonds is 4. The van der Waals surface area contributed by atoms with Crippen LogP contribution in [0.3, 0.4) is 0 Å². The fourth-order valence-electron chi connectivity index (χ4n) is 1.85. The number of nitrogens with zero attached hydrogens (tertiary/aromatic N) is 1. The van der Waals surface area contributed by atoms with Crippen molar-refractivity contribution >= 4 is 16.6 Å². The normalized spacial score (nSPS) is 10.5. The van der Waals surface area contributed by atoms with Crippen LogP contribution in [0, 0.1) is 6.92 Å². The molecule has 90 valence electrons. The quantitative estimate of drug-likeness (QED) is 0.874. The van der Waals surface area contributed by atoms with Gasteiger partial charge in [0.2, 0.25) is 0 Å². The summed E-state index contributed by atoms with van der Waals surface area (Å²) in [5, 5.41) is 4.30. The topological polar surface area (TPSA) is 34.1 Å². The fraction of sp³-hybridized carbons (Fsp3) is 0.357. The Kier molecular flexibility index (Phi) is 3.47. The smallest absolute Gasteiger partial charge is 0.120 e. The minimum Gasteiger partial charge on any atom is -0.494 e. The third-order valence-electron chi connectivity index (χ3n) is 2.65. The molecule has 1 aromatic heterocycles. The lowest BCUT2D eigenvalue weighted by molar-refractivity contribution is 0.318. The Labute approximate surface area is 102 Å². The lowest BCUT2D eigenvalue weighted by Crippen LogP contribution is -1.97. The first kappa shape index (κ1) is 11.7. The third-order valence-corrected chi connectivity index (χ3v) is 2.65. The molecule has 1 N–H and O–H groups in total. The van der Waals surface area contributed by atoms with Gasteiger partial charge in [-0.1, -0.05) is 6.92 Å². The summed E-state index contributed by atoms with van der Waals surface area (Å²) in [4.78, 5) is 4.51. The maximum absolute atomic E-state index is 5.64. The molecular formula is C14H18N2O. The first-order chi connectivity index (χ1) is 8.24. The van der Waals surface area contributed by atoms with Crippen LogP contribution in [-0.2, 0) is 0 Å². The predicted octanol–water partition coefficient (Wildman–Crippen LogP) is 3.37. The fourth-order valence-corrected chi connectivity index (χ4v) is 1.85. The van der Waals surface area contributed by atoms with Gasteiger partial charge in [-0.2, -0.15) is 0 Å². The number of anilines is 1. The molecule has 0 unspecified atom stereocenters. The molecule has 0 saturated carbocycles. The third kappa shape index (κ3) is 2.49. The van der Waals surface area contributed by atoms with Crippen LogP contribution in [0.1, 0.15) is 19.0 Å². The van der Waals surface area contributed by atoms with Gasteiger partial charge in [0.05, 0.1) is 12.1 Å². The lowest BCUT2D eigenvalue weighted by Gasteiger charge is -2.10. The van der Waals surface area contributed by atoms with Gasteiger partial charge in [0.25, 0.3) is 0 Å². The SMILES string of the molecule is CCCOc1ccc2nc(C)cc(NC)c2c1. The van der Waals surface area contributed by atoms with E-state index in [-0.39, 0.29) is 0 Å². The molecule has 0 spiro atoms. The number of fused-ring (bicyclic) bond motifs is 1. The maximum Gasteiger partial charge on any atom is 0.120 e. The van der Waals surface area contributed by atoms with Crippen LogP contribution < -0.4 is 10.1 Å². The number of ether oxygens (including phenoxy) is 1. The maximum atomic E-state index is 5.64. The molecule has 0 atom stereocenters. The molecular weight excluding hydrogens is 212 g/mol. The van der Waals surface area contributed by atoms with Crippen LogP contribution >= 0.6 is 0 Å². The first-order valence-electron chi connectivity index (χ1n) is 5.96. The second-order valence-corrected chi connectivity index (χ2v) is 4.09. The second-order valence-electron chi connectivity index (χ2n) is 4.09. The van der Waals surface area contributed by atoms with Crippen LogP contribution in [0.15, 0.2) is 24.3 Å². The highest BCUT2D eigenvalue weighted by molar-refractivity contribution is 5.92. The predicted molar refractivity (Wildman–Crippen MR) is 71.8 cm³/mol. The average molecular weight is 230 g/mol. The molecule has 3 nitrogen and oxygen atoms in total. The number of hydrogen-bond acceptors (Lipinski definition) is 3. The molecule has 0 amide bonds. The molecule has 0 bridgehead atoms. The summed E-state index contributed by atoms with van der Waals surface area (Å²) in [6.07, 6.45) is 1.02. The van der Waals surface area contributed by atoms with Gasteiger partial charge in [0.15, 0.2) is 0 Å². The molecule has 0 aliphatic carbocycles. The Bertz CT molecular complexity index is 523. The summed E-state index contributed by atoms with van der Waals surface area (Å²) in [6, 6.07) is 8.08. The highest BCUT2D eigenvalue weighted by Gasteiger charge is 2.04. The van der Waals surface area contributed by atoms with E-state index in [9.17, 15) is 0 Å². The van der Waals surface area contributed by atoms with Crippen LogP contribution in [-0.4, -0.2) is 18.6 Å². The van der Waals surface area contributed by atoms with Gasteiger partial charge in [0.1, 0.15) is 5.75 Å². The Morgan fingerprint density at radius 1 is 1.29 bits per heavy atom. The van der Waals surface area contributed by atoms with Crippen LogP contribution in [0.5, 0.6) is 5.75 Å². The summed E-state index contributed by atoms with van der Waals surface area (Å²) in [6.45, 7) is 4.85. The van der Waals surface area contributed by atoms with E-state index in [1.165, 1.54) is 0 Å². The van der Waals surface area contributed by atoms with Crippen molar-refractivity contribution in [2.75, 3.05) is 19.0 Å². The largest absolute Gasteiger partial charge is 0.494 e. The van der Waals surface area contributed by atoms with Gasteiger partial charge in [-0.15, -0.1) is 0 Å². The highest BCUT2D eigenvalue weighted by Crippen LogP contribution is 2.26. The van der Waals surface area contributed by atoms with Gasteiger partial charge in [-0.3, -0.25) is 4.98 Å². The van der Waals surface area contributed by atoms with Gasteiger partial charge in [-0.25, -0.2) is 0 Å². The van der Waals surface area contributed by atoms with E-state index in [1.807, 2.05) is 38.2 Å². The molecule has 2 rings (SSSR count). The first-order valence-corrected chi connectivity index (χ1v) is 5.96. The Morgan fingerprint density at radius 3 is 2.82 bits per heavy atom. The zero-order valence-electron chi connectivity index (χ0n) is 10.6. The zero-order valence-corrected chi connectivity index (χ0v) is 10.6. The molecule has 1 aromatic carbocycles. The van der Waals surface area contributed by atoms with E-state index >= 15 is 0 Å². The second kappa shape index (κ2) is 5.04. The van der Waals surface area contributed by atoms with Crippen molar-refractivity contribution in [2.45, 2.75) is 20.3 Å². The number of benzene rings is 1.